The van der Waals surface area contributed by atoms with E-state index < -0.39 is 0 Å². The van der Waals surface area contributed by atoms with Crippen LogP contribution in [-0.4, -0.2) is 73.3 Å². The number of nitrogens with one attached hydrogen (secondary N) is 2. The van der Waals surface area contributed by atoms with E-state index in [1.807, 2.05) is 29.2 Å². The minimum absolute atomic E-state index is 0.0145. The molecule has 0 aliphatic carbocycles. The molecule has 0 spiro atoms. The number of amides is 1. The summed E-state index contributed by atoms with van der Waals surface area (Å²) in [6.45, 7) is 6.98. The molecule has 0 radical (unpaired) electrons. The first-order valence-corrected chi connectivity index (χ1v) is 11.6. The van der Waals surface area contributed by atoms with Gasteiger partial charge in [0.15, 0.2) is 0 Å². The Morgan fingerprint density at radius 1 is 0.909 bits per heavy atom. The van der Waals surface area contributed by atoms with Gasteiger partial charge in [-0.05, 0) is 35.9 Å². The lowest BCUT2D eigenvalue weighted by molar-refractivity contribution is -0.113. The van der Waals surface area contributed by atoms with Crippen molar-refractivity contribution in [2.45, 2.75) is 6.04 Å². The van der Waals surface area contributed by atoms with Crippen molar-refractivity contribution in [3.8, 4) is 0 Å². The Bertz CT molecular complexity index is 1180. The fraction of sp³-hybridized carbons (Fsp3) is 0.360. The van der Waals surface area contributed by atoms with E-state index in [4.69, 9.17) is 4.74 Å². The van der Waals surface area contributed by atoms with Gasteiger partial charge in [0.05, 0.1) is 30.6 Å². The van der Waals surface area contributed by atoms with Gasteiger partial charge in [0.2, 0.25) is 0 Å². The zero-order valence-electron chi connectivity index (χ0n) is 18.5. The van der Waals surface area contributed by atoms with Gasteiger partial charge in [0, 0.05) is 62.4 Å². The van der Waals surface area contributed by atoms with Crippen molar-refractivity contribution in [3.63, 3.8) is 0 Å². The maximum Gasteiger partial charge on any atom is 0.253 e. The van der Waals surface area contributed by atoms with Gasteiger partial charge in [-0.3, -0.25) is 9.69 Å². The second kappa shape index (κ2) is 8.53. The van der Waals surface area contributed by atoms with E-state index in [2.05, 4.69) is 49.4 Å². The monoisotopic (exact) mass is 444 g/mol. The lowest BCUT2D eigenvalue weighted by Crippen LogP contribution is -2.44. The van der Waals surface area contributed by atoms with Crippen molar-refractivity contribution < 1.29 is 9.53 Å². The number of carbonyl (C=O) groups excluding carboxylic acids is 1. The van der Waals surface area contributed by atoms with Gasteiger partial charge in [-0.25, -0.2) is 4.98 Å². The Morgan fingerprint density at radius 2 is 1.67 bits per heavy atom. The summed E-state index contributed by atoms with van der Waals surface area (Å²) in [5, 5.41) is 3.41. The van der Waals surface area contributed by atoms with E-state index >= 15 is 0 Å². The number of hydrogen-bond donors (Lipinski definition) is 2. The van der Waals surface area contributed by atoms with Crippen LogP contribution in [0.15, 0.2) is 60.6 Å². The van der Waals surface area contributed by atoms with Crippen molar-refractivity contribution >= 4 is 28.3 Å². The van der Waals surface area contributed by atoms with E-state index in [9.17, 15) is 4.79 Å². The molecule has 0 bridgehead atoms. The highest BCUT2D eigenvalue weighted by molar-refractivity contribution is 6.06. The van der Waals surface area contributed by atoms with Crippen LogP contribution in [0.2, 0.25) is 0 Å². The maximum absolute atomic E-state index is 13.4. The van der Waals surface area contributed by atoms with Crippen LogP contribution >= 0.6 is 0 Å². The van der Waals surface area contributed by atoms with Crippen LogP contribution in [0.3, 0.4) is 0 Å². The lowest BCUT2D eigenvalue weighted by Gasteiger charge is -2.36. The molecule has 3 aromatic rings. The van der Waals surface area contributed by atoms with E-state index in [1.165, 1.54) is 5.69 Å². The summed E-state index contributed by atoms with van der Waals surface area (Å²) in [5.41, 5.74) is 6.07. The maximum atomic E-state index is 13.4. The van der Waals surface area contributed by atoms with Gasteiger partial charge in [0.25, 0.3) is 5.91 Å². The predicted molar refractivity (Wildman–Crippen MR) is 128 cm³/mol. The first-order valence-electron chi connectivity index (χ1n) is 11.6. The van der Waals surface area contributed by atoms with E-state index in [0.29, 0.717) is 0 Å². The minimum atomic E-state index is -0.161. The average molecular weight is 445 g/mol. The molecule has 33 heavy (non-hydrogen) atoms. The number of rotatable bonds is 4. The number of anilines is 2. The molecule has 8 nitrogen and oxygen atoms in total. The Labute approximate surface area is 192 Å². The normalized spacial score (nSPS) is 21.7. The minimum Gasteiger partial charge on any atom is -0.378 e. The number of fused-ring (bicyclic) bond motifs is 1. The van der Waals surface area contributed by atoms with Crippen molar-refractivity contribution in [2.75, 3.05) is 62.3 Å². The van der Waals surface area contributed by atoms with Crippen LogP contribution in [0.4, 0.5) is 11.4 Å². The third kappa shape index (κ3) is 3.75. The van der Waals surface area contributed by atoms with Gasteiger partial charge < -0.3 is 24.8 Å². The smallest absolute Gasteiger partial charge is 0.253 e. The van der Waals surface area contributed by atoms with Crippen molar-refractivity contribution in [3.05, 3.63) is 66.1 Å². The number of nitrogens with zero attached hydrogens (tertiary/aromatic N) is 4. The molecular formula is C25H28N6O2. The molecule has 8 heteroatoms. The van der Waals surface area contributed by atoms with Gasteiger partial charge >= 0.3 is 0 Å². The summed E-state index contributed by atoms with van der Waals surface area (Å²) in [6, 6.07) is 14.5. The molecule has 3 aliphatic rings. The predicted octanol–water partition coefficient (Wildman–Crippen LogP) is 2.28. The van der Waals surface area contributed by atoms with Gasteiger partial charge in [0.1, 0.15) is 6.04 Å². The molecule has 170 valence electrons. The number of benzene rings is 2. The molecular weight excluding hydrogens is 416 g/mol. The molecule has 0 saturated carbocycles. The Balaban J connectivity index is 1.37. The summed E-state index contributed by atoms with van der Waals surface area (Å²) in [7, 11) is 0. The quantitative estimate of drug-likeness (QED) is 0.643. The van der Waals surface area contributed by atoms with E-state index in [1.54, 1.807) is 6.33 Å². The summed E-state index contributed by atoms with van der Waals surface area (Å²) >= 11 is 0. The highest BCUT2D eigenvalue weighted by atomic mass is 16.5. The van der Waals surface area contributed by atoms with E-state index in [0.717, 1.165) is 80.5 Å². The van der Waals surface area contributed by atoms with Crippen molar-refractivity contribution in [1.29, 1.82) is 0 Å². The molecule has 2 fully saturated rings. The Morgan fingerprint density at radius 3 is 2.45 bits per heavy atom. The lowest BCUT2D eigenvalue weighted by atomic mass is 10.0. The number of carbonyl (C=O) groups is 1. The molecule has 2 aromatic carbocycles. The number of H-pyrrole nitrogens is 1. The Kier molecular flexibility index (Phi) is 5.24. The summed E-state index contributed by atoms with van der Waals surface area (Å²) in [5.74, 6) is 0.0145. The molecule has 3 aliphatic heterocycles. The number of aromatic nitrogens is 2. The first kappa shape index (κ1) is 20.3. The second-order valence-corrected chi connectivity index (χ2v) is 8.71. The number of piperazine rings is 1. The summed E-state index contributed by atoms with van der Waals surface area (Å²) in [6.07, 6.45) is 3.51. The van der Waals surface area contributed by atoms with Crippen LogP contribution in [0.1, 0.15) is 11.6 Å². The standard InChI is InChI=1S/C25H28N6O2/c32-24-16-23(30-9-7-26-8-10-30)25(31(24)20-5-6-21-22(15-20)28-17-27-21)18-1-3-19(4-2-18)29-11-13-33-14-12-29/h1-6,15-17,25-26H,7-14H2,(H,27,28). The van der Waals surface area contributed by atoms with Crippen LogP contribution < -0.4 is 15.1 Å². The number of ether oxygens (including phenoxy) is 1. The van der Waals surface area contributed by atoms with Crippen LogP contribution in [0.5, 0.6) is 0 Å². The van der Waals surface area contributed by atoms with Crippen molar-refractivity contribution in [1.82, 2.24) is 20.2 Å². The number of hydrogen-bond acceptors (Lipinski definition) is 6. The molecule has 1 amide bonds. The molecule has 1 atom stereocenters. The topological polar surface area (TPSA) is 76.7 Å². The first-order chi connectivity index (χ1) is 16.3. The molecule has 1 aromatic heterocycles. The second-order valence-electron chi connectivity index (χ2n) is 8.71. The van der Waals surface area contributed by atoms with E-state index in [-0.39, 0.29) is 11.9 Å². The third-order valence-corrected chi connectivity index (χ3v) is 6.80. The highest BCUT2D eigenvalue weighted by Crippen LogP contribution is 2.40. The fourth-order valence-corrected chi connectivity index (χ4v) is 5.08. The van der Waals surface area contributed by atoms with Gasteiger partial charge in [-0.2, -0.15) is 0 Å². The molecule has 1 unspecified atom stereocenters. The van der Waals surface area contributed by atoms with Crippen LogP contribution in [0, 0.1) is 0 Å². The third-order valence-electron chi connectivity index (χ3n) is 6.80. The Hall–Kier alpha value is -3.36. The number of morpholine rings is 1. The summed E-state index contributed by atoms with van der Waals surface area (Å²) in [4.78, 5) is 27.5. The zero-order chi connectivity index (χ0) is 22.2. The number of aromatic amines is 1. The SMILES string of the molecule is O=C1C=C(N2CCNCC2)C(c2ccc(N3CCOCC3)cc2)N1c1ccc2[nH]cnc2c1. The van der Waals surface area contributed by atoms with Gasteiger partial charge in [-0.15, -0.1) is 0 Å². The molecule has 6 rings (SSSR count). The molecule has 2 saturated heterocycles. The molecule has 4 heterocycles. The molecule has 2 N–H and O–H groups in total. The van der Waals surface area contributed by atoms with Crippen LogP contribution in [0.25, 0.3) is 11.0 Å². The fourth-order valence-electron chi connectivity index (χ4n) is 5.08. The van der Waals surface area contributed by atoms with Crippen LogP contribution in [-0.2, 0) is 9.53 Å². The zero-order valence-corrected chi connectivity index (χ0v) is 18.5. The largest absolute Gasteiger partial charge is 0.378 e. The highest BCUT2D eigenvalue weighted by Gasteiger charge is 2.38. The number of imidazole rings is 1. The van der Waals surface area contributed by atoms with Gasteiger partial charge in [-0.1, -0.05) is 12.1 Å². The average Bonchev–Trinajstić information content (AvgIpc) is 3.49. The van der Waals surface area contributed by atoms with Crippen molar-refractivity contribution in [2.24, 2.45) is 0 Å². The summed E-state index contributed by atoms with van der Waals surface area (Å²) < 4.78 is 5.50.